The topological polar surface area (TPSA) is 121 Å². The van der Waals surface area contributed by atoms with Crippen LogP contribution in [0.1, 0.15) is 10.4 Å². The summed E-state index contributed by atoms with van der Waals surface area (Å²) in [6.45, 7) is -0.340. The molecular formula is C20H16ClN5O5. The molecule has 0 spiro atoms. The standard InChI is InChI=1S/C20H16ClN5O5/c1-31-20(30)13-4-2-3-5-14(13)22-15(27)10-25-17-16(23-24-25)18(28)26(19(17)29)12-8-6-11(21)7-9-12/h2-9,16-17H,10H2,1H3,(H,22,27)/t16-,17+/m0/s1. The minimum atomic E-state index is -1.03. The van der Waals surface area contributed by atoms with Gasteiger partial charge in [0.2, 0.25) is 5.91 Å². The molecule has 0 aromatic heterocycles. The normalized spacial score (nSPS) is 19.5. The third-order valence-corrected chi connectivity index (χ3v) is 5.11. The zero-order valence-corrected chi connectivity index (χ0v) is 16.9. The van der Waals surface area contributed by atoms with Gasteiger partial charge < -0.3 is 10.1 Å². The fourth-order valence-electron chi connectivity index (χ4n) is 3.42. The lowest BCUT2D eigenvalue weighted by atomic mass is 10.1. The largest absolute Gasteiger partial charge is 0.465 e. The molecule has 0 aliphatic carbocycles. The van der Waals surface area contributed by atoms with E-state index in [2.05, 4.69) is 15.7 Å². The van der Waals surface area contributed by atoms with E-state index >= 15 is 0 Å². The number of rotatable bonds is 5. The molecular weight excluding hydrogens is 426 g/mol. The molecule has 10 nitrogen and oxygen atoms in total. The van der Waals surface area contributed by atoms with Crippen LogP contribution in [0, 0.1) is 0 Å². The molecule has 1 saturated heterocycles. The van der Waals surface area contributed by atoms with Gasteiger partial charge in [-0.25, -0.2) is 9.69 Å². The van der Waals surface area contributed by atoms with Gasteiger partial charge in [-0.1, -0.05) is 29.0 Å². The van der Waals surface area contributed by atoms with Gasteiger partial charge in [0.1, 0.15) is 6.54 Å². The summed E-state index contributed by atoms with van der Waals surface area (Å²) in [6, 6.07) is 10.5. The van der Waals surface area contributed by atoms with E-state index in [1.165, 1.54) is 13.2 Å². The van der Waals surface area contributed by atoms with Gasteiger partial charge in [-0.2, -0.15) is 5.11 Å². The van der Waals surface area contributed by atoms with Gasteiger partial charge in [-0.05, 0) is 36.4 Å². The minimum Gasteiger partial charge on any atom is -0.465 e. The van der Waals surface area contributed by atoms with Gasteiger partial charge in [0.25, 0.3) is 11.8 Å². The first-order valence-electron chi connectivity index (χ1n) is 9.18. The zero-order valence-electron chi connectivity index (χ0n) is 16.2. The summed E-state index contributed by atoms with van der Waals surface area (Å²) in [7, 11) is 1.24. The van der Waals surface area contributed by atoms with Crippen molar-refractivity contribution in [2.45, 2.75) is 12.1 Å². The number of hydrogen-bond acceptors (Lipinski definition) is 8. The smallest absolute Gasteiger partial charge is 0.339 e. The number of para-hydroxylation sites is 1. The van der Waals surface area contributed by atoms with Crippen LogP contribution < -0.4 is 10.2 Å². The Morgan fingerprint density at radius 2 is 1.81 bits per heavy atom. The lowest BCUT2D eigenvalue weighted by Gasteiger charge is -2.20. The average molecular weight is 442 g/mol. The lowest BCUT2D eigenvalue weighted by molar-refractivity contribution is -0.123. The summed E-state index contributed by atoms with van der Waals surface area (Å²) in [5, 5.41) is 11.9. The van der Waals surface area contributed by atoms with Crippen molar-refractivity contribution >= 4 is 46.7 Å². The molecule has 31 heavy (non-hydrogen) atoms. The molecule has 3 amide bonds. The Hall–Kier alpha value is -3.79. The molecule has 2 atom stereocenters. The third kappa shape index (κ3) is 3.73. The molecule has 1 N–H and O–H groups in total. The highest BCUT2D eigenvalue weighted by Crippen LogP contribution is 2.32. The number of fused-ring (bicyclic) bond motifs is 1. The van der Waals surface area contributed by atoms with Crippen molar-refractivity contribution in [1.29, 1.82) is 0 Å². The lowest BCUT2D eigenvalue weighted by Crippen LogP contribution is -2.43. The Kier molecular flexibility index (Phi) is 5.38. The Morgan fingerprint density at radius 1 is 1.10 bits per heavy atom. The number of esters is 1. The second-order valence-electron chi connectivity index (χ2n) is 6.77. The van der Waals surface area contributed by atoms with Gasteiger partial charge >= 0.3 is 5.97 Å². The molecule has 2 aromatic rings. The number of ether oxygens (including phenoxy) is 1. The van der Waals surface area contributed by atoms with Gasteiger partial charge in [-0.3, -0.25) is 19.4 Å². The molecule has 2 aliphatic heterocycles. The van der Waals surface area contributed by atoms with Crippen LogP contribution in [0.3, 0.4) is 0 Å². The number of hydrogen-bond donors (Lipinski definition) is 1. The fourth-order valence-corrected chi connectivity index (χ4v) is 3.54. The average Bonchev–Trinajstić information content (AvgIpc) is 3.28. The van der Waals surface area contributed by atoms with Gasteiger partial charge in [0, 0.05) is 5.02 Å². The maximum Gasteiger partial charge on any atom is 0.339 e. The van der Waals surface area contributed by atoms with Crippen LogP contribution in [0.15, 0.2) is 58.9 Å². The SMILES string of the molecule is COC(=O)c1ccccc1NC(=O)CN1N=N[C@@H]2C(=O)N(c3ccc(Cl)cc3)C(=O)[C@@H]21. The Bertz CT molecular complexity index is 1100. The number of nitrogens with zero attached hydrogens (tertiary/aromatic N) is 4. The molecule has 158 valence electrons. The van der Waals surface area contributed by atoms with E-state index in [-0.39, 0.29) is 17.8 Å². The molecule has 0 bridgehead atoms. The number of carbonyl (C=O) groups excluding carboxylic acids is 4. The summed E-state index contributed by atoms with van der Waals surface area (Å²) in [4.78, 5) is 51.1. The van der Waals surface area contributed by atoms with E-state index in [1.54, 1.807) is 42.5 Å². The number of methoxy groups -OCH3 is 1. The van der Waals surface area contributed by atoms with Crippen molar-refractivity contribution in [3.05, 3.63) is 59.1 Å². The second-order valence-corrected chi connectivity index (χ2v) is 7.20. The monoisotopic (exact) mass is 441 g/mol. The summed E-state index contributed by atoms with van der Waals surface area (Å²) < 4.78 is 4.71. The summed E-state index contributed by atoms with van der Waals surface area (Å²) >= 11 is 5.87. The predicted octanol–water partition coefficient (Wildman–Crippen LogP) is 2.06. The van der Waals surface area contributed by atoms with Crippen LogP contribution in [0.5, 0.6) is 0 Å². The molecule has 1 fully saturated rings. The van der Waals surface area contributed by atoms with Crippen LogP contribution >= 0.6 is 11.6 Å². The third-order valence-electron chi connectivity index (χ3n) is 4.85. The molecule has 0 radical (unpaired) electrons. The van der Waals surface area contributed by atoms with Crippen LogP contribution in [-0.2, 0) is 19.1 Å². The summed E-state index contributed by atoms with van der Waals surface area (Å²) in [5.41, 5.74) is 0.796. The number of imide groups is 1. The first kappa shape index (κ1) is 20.5. The first-order valence-corrected chi connectivity index (χ1v) is 9.56. The van der Waals surface area contributed by atoms with Crippen molar-refractivity contribution in [2.75, 3.05) is 23.9 Å². The Morgan fingerprint density at radius 3 is 2.52 bits per heavy atom. The molecule has 2 aromatic carbocycles. The van der Waals surface area contributed by atoms with Crippen molar-refractivity contribution in [3.8, 4) is 0 Å². The first-order chi connectivity index (χ1) is 14.9. The van der Waals surface area contributed by atoms with Crippen LogP contribution in [0.25, 0.3) is 0 Å². The van der Waals surface area contributed by atoms with Crippen molar-refractivity contribution in [3.63, 3.8) is 0 Å². The minimum absolute atomic E-state index is 0.181. The molecule has 0 unspecified atom stereocenters. The molecule has 11 heteroatoms. The Labute approximate surface area is 181 Å². The fraction of sp³-hybridized carbons (Fsp3) is 0.200. The molecule has 0 saturated carbocycles. The van der Waals surface area contributed by atoms with Crippen molar-refractivity contribution < 1.29 is 23.9 Å². The number of amides is 3. The number of nitrogens with one attached hydrogen (secondary N) is 1. The van der Waals surface area contributed by atoms with E-state index in [1.807, 2.05) is 0 Å². The van der Waals surface area contributed by atoms with E-state index in [9.17, 15) is 19.2 Å². The Balaban J connectivity index is 1.49. The summed E-state index contributed by atoms with van der Waals surface area (Å²) in [6.07, 6.45) is 0. The highest BCUT2D eigenvalue weighted by atomic mass is 35.5. The quantitative estimate of drug-likeness (QED) is 0.560. The highest BCUT2D eigenvalue weighted by Gasteiger charge is 2.55. The molecule has 2 aliphatic rings. The van der Waals surface area contributed by atoms with E-state index in [0.29, 0.717) is 10.7 Å². The predicted molar refractivity (Wildman–Crippen MR) is 109 cm³/mol. The molecule has 4 rings (SSSR count). The summed E-state index contributed by atoms with van der Waals surface area (Å²) in [5.74, 6) is -2.21. The number of benzene rings is 2. The van der Waals surface area contributed by atoms with Crippen molar-refractivity contribution in [1.82, 2.24) is 5.01 Å². The van der Waals surface area contributed by atoms with Gasteiger partial charge in [-0.15, -0.1) is 0 Å². The van der Waals surface area contributed by atoms with Gasteiger partial charge in [0.05, 0.1) is 24.0 Å². The number of halogens is 1. The maximum atomic E-state index is 12.9. The number of carbonyl (C=O) groups is 4. The second kappa shape index (κ2) is 8.15. The highest BCUT2D eigenvalue weighted by molar-refractivity contribution is 6.31. The van der Waals surface area contributed by atoms with Crippen molar-refractivity contribution in [2.24, 2.45) is 10.3 Å². The molecule has 2 heterocycles. The van der Waals surface area contributed by atoms with Crippen LogP contribution in [-0.4, -0.2) is 54.4 Å². The zero-order chi connectivity index (χ0) is 22.1. The van der Waals surface area contributed by atoms with E-state index < -0.39 is 35.8 Å². The van der Waals surface area contributed by atoms with E-state index in [0.717, 1.165) is 9.91 Å². The van der Waals surface area contributed by atoms with Gasteiger partial charge in [0.15, 0.2) is 12.1 Å². The number of anilines is 2. The maximum absolute atomic E-state index is 12.9. The van der Waals surface area contributed by atoms with E-state index in [4.69, 9.17) is 16.3 Å². The van der Waals surface area contributed by atoms with Crippen LogP contribution in [0.4, 0.5) is 11.4 Å². The van der Waals surface area contributed by atoms with Crippen LogP contribution in [0.2, 0.25) is 5.02 Å².